The molecular weight excluding hydrogens is 493 g/mol. The fourth-order valence-corrected chi connectivity index (χ4v) is 2.79. The van der Waals surface area contributed by atoms with Crippen molar-refractivity contribution in [1.29, 1.82) is 0 Å². The summed E-state index contributed by atoms with van der Waals surface area (Å²) in [7, 11) is 0. The van der Waals surface area contributed by atoms with E-state index in [0.717, 1.165) is 18.2 Å². The zero-order chi connectivity index (χ0) is 26.2. The Labute approximate surface area is 202 Å². The van der Waals surface area contributed by atoms with Crippen LogP contribution in [-0.2, 0) is 15.8 Å². The molecule has 3 aromatic rings. The van der Waals surface area contributed by atoms with E-state index in [1.807, 2.05) is 0 Å². The van der Waals surface area contributed by atoms with Crippen LogP contribution in [0.15, 0.2) is 72.8 Å². The minimum Gasteiger partial charge on any atom is -0.478 e. The Bertz CT molecular complexity index is 1190. The number of ether oxygens (including phenoxy) is 2. The summed E-state index contributed by atoms with van der Waals surface area (Å²) in [5.41, 5.74) is -0.655. The molecule has 11 heteroatoms. The van der Waals surface area contributed by atoms with Crippen molar-refractivity contribution < 1.29 is 47.2 Å². The van der Waals surface area contributed by atoms with E-state index < -0.39 is 35.8 Å². The van der Waals surface area contributed by atoms with E-state index in [0.29, 0.717) is 5.02 Å². The Morgan fingerprint density at radius 3 is 2.09 bits per heavy atom. The monoisotopic (exact) mass is 510 g/mol. The summed E-state index contributed by atoms with van der Waals surface area (Å²) >= 11 is 5.71. The molecule has 1 unspecified atom stereocenters. The number of carbonyl (C=O) groups excluding carboxylic acids is 1. The molecule has 0 aromatic heterocycles. The Hall–Kier alpha value is -4.05. The predicted octanol–water partition coefficient (Wildman–Crippen LogP) is 5.87. The van der Waals surface area contributed by atoms with E-state index in [-0.39, 0.29) is 22.6 Å². The van der Waals surface area contributed by atoms with E-state index >= 15 is 0 Å². The Morgan fingerprint density at radius 1 is 0.914 bits per heavy atom. The molecule has 0 saturated heterocycles. The third kappa shape index (κ3) is 8.35. The van der Waals surface area contributed by atoms with Crippen molar-refractivity contribution in [2.45, 2.75) is 19.2 Å². The first-order valence-corrected chi connectivity index (χ1v) is 10.1. The number of esters is 1. The standard InChI is InChI=1S/C15H10ClF3O3.C9H8O4/c16-11-6-4-9(5-7-11)13(14(20)21)22-12-3-1-2-10(8-12)15(17,18)19;1-6(10)13-8-5-3-2-4-7(8)9(11)12/h1-8,13H,(H,20,21);2-5H,1H3,(H,11,12). The molecule has 184 valence electrons. The van der Waals surface area contributed by atoms with Gasteiger partial charge in [-0.15, -0.1) is 0 Å². The lowest BCUT2D eigenvalue weighted by Gasteiger charge is -2.16. The first-order chi connectivity index (χ1) is 16.4. The highest BCUT2D eigenvalue weighted by atomic mass is 35.5. The third-order valence-corrected chi connectivity index (χ3v) is 4.44. The summed E-state index contributed by atoms with van der Waals surface area (Å²) in [5, 5.41) is 18.3. The minimum atomic E-state index is -4.53. The summed E-state index contributed by atoms with van der Waals surface area (Å²) in [6.45, 7) is 1.22. The normalized spacial score (nSPS) is 11.5. The third-order valence-electron chi connectivity index (χ3n) is 4.18. The molecule has 3 aromatic carbocycles. The molecule has 0 radical (unpaired) electrons. The van der Waals surface area contributed by atoms with E-state index in [1.165, 1.54) is 49.4 Å². The Kier molecular flexibility index (Phi) is 9.24. The van der Waals surface area contributed by atoms with E-state index in [2.05, 4.69) is 4.74 Å². The number of alkyl halides is 3. The zero-order valence-corrected chi connectivity index (χ0v) is 18.7. The lowest BCUT2D eigenvalue weighted by atomic mass is 10.1. The lowest BCUT2D eigenvalue weighted by Crippen LogP contribution is -2.18. The van der Waals surface area contributed by atoms with Gasteiger partial charge in [-0.2, -0.15) is 13.2 Å². The highest BCUT2D eigenvalue weighted by Gasteiger charge is 2.31. The molecule has 0 aliphatic carbocycles. The Balaban J connectivity index is 0.000000283. The van der Waals surface area contributed by atoms with Gasteiger partial charge in [-0.1, -0.05) is 41.9 Å². The van der Waals surface area contributed by atoms with Crippen LogP contribution in [0, 0.1) is 0 Å². The summed E-state index contributed by atoms with van der Waals surface area (Å²) in [6, 6.07) is 15.9. The maximum Gasteiger partial charge on any atom is 0.416 e. The second kappa shape index (κ2) is 11.9. The molecule has 0 amide bonds. The number of benzene rings is 3. The first-order valence-electron chi connectivity index (χ1n) is 9.71. The quantitative estimate of drug-likeness (QED) is 0.315. The second-order valence-electron chi connectivity index (χ2n) is 6.81. The molecule has 0 bridgehead atoms. The van der Waals surface area contributed by atoms with Crippen LogP contribution in [0.1, 0.15) is 34.5 Å². The Morgan fingerprint density at radius 2 is 1.54 bits per heavy atom. The number of hydrogen-bond donors (Lipinski definition) is 2. The molecule has 0 saturated carbocycles. The van der Waals surface area contributed by atoms with Crippen LogP contribution in [0.3, 0.4) is 0 Å². The highest BCUT2D eigenvalue weighted by molar-refractivity contribution is 6.30. The maximum absolute atomic E-state index is 12.6. The van der Waals surface area contributed by atoms with Crippen LogP contribution >= 0.6 is 11.6 Å². The molecule has 3 rings (SSSR count). The van der Waals surface area contributed by atoms with Crippen LogP contribution in [0.4, 0.5) is 13.2 Å². The van der Waals surface area contributed by atoms with Crippen LogP contribution < -0.4 is 9.47 Å². The maximum atomic E-state index is 12.6. The fraction of sp³-hybridized carbons (Fsp3) is 0.125. The van der Waals surface area contributed by atoms with Gasteiger partial charge in [-0.3, -0.25) is 4.79 Å². The van der Waals surface area contributed by atoms with Crippen LogP contribution in [0.5, 0.6) is 11.5 Å². The van der Waals surface area contributed by atoms with Crippen molar-refractivity contribution in [3.63, 3.8) is 0 Å². The van der Waals surface area contributed by atoms with Crippen molar-refractivity contribution in [3.8, 4) is 11.5 Å². The van der Waals surface area contributed by atoms with Gasteiger partial charge in [-0.25, -0.2) is 9.59 Å². The molecule has 0 spiro atoms. The van der Waals surface area contributed by atoms with E-state index in [4.69, 9.17) is 21.4 Å². The second-order valence-corrected chi connectivity index (χ2v) is 7.24. The molecule has 2 N–H and O–H groups in total. The van der Waals surface area contributed by atoms with Crippen LogP contribution in [-0.4, -0.2) is 28.1 Å². The largest absolute Gasteiger partial charge is 0.478 e. The molecular formula is C24H18ClF3O7. The number of carboxylic acid groups (broad SMARTS) is 2. The van der Waals surface area contributed by atoms with Crippen molar-refractivity contribution in [1.82, 2.24) is 0 Å². The molecule has 1 atom stereocenters. The summed E-state index contributed by atoms with van der Waals surface area (Å²) in [4.78, 5) is 32.5. The van der Waals surface area contributed by atoms with Gasteiger partial charge in [0.05, 0.1) is 5.56 Å². The average Bonchev–Trinajstić information content (AvgIpc) is 2.78. The van der Waals surface area contributed by atoms with E-state index in [9.17, 15) is 32.7 Å². The molecule has 0 fully saturated rings. The topological polar surface area (TPSA) is 110 Å². The van der Waals surface area contributed by atoms with Crippen LogP contribution in [0.25, 0.3) is 0 Å². The lowest BCUT2D eigenvalue weighted by molar-refractivity contribution is -0.145. The fourth-order valence-electron chi connectivity index (χ4n) is 2.67. The summed E-state index contributed by atoms with van der Waals surface area (Å²) in [5.74, 6) is -3.08. The highest BCUT2D eigenvalue weighted by Crippen LogP contribution is 2.32. The van der Waals surface area contributed by atoms with Gasteiger partial charge in [-0.05, 0) is 42.5 Å². The number of halogens is 4. The van der Waals surface area contributed by atoms with Gasteiger partial charge in [0.2, 0.25) is 6.10 Å². The van der Waals surface area contributed by atoms with Crippen molar-refractivity contribution >= 4 is 29.5 Å². The molecule has 35 heavy (non-hydrogen) atoms. The minimum absolute atomic E-state index is 0.0160. The van der Waals surface area contributed by atoms with E-state index in [1.54, 1.807) is 12.1 Å². The summed E-state index contributed by atoms with van der Waals surface area (Å²) < 4.78 is 47.8. The predicted molar refractivity (Wildman–Crippen MR) is 119 cm³/mol. The number of aliphatic carboxylic acids is 1. The van der Waals surface area contributed by atoms with Crippen molar-refractivity contribution in [2.24, 2.45) is 0 Å². The van der Waals surface area contributed by atoms with Gasteiger partial charge in [0.25, 0.3) is 0 Å². The number of para-hydroxylation sites is 1. The molecule has 0 aliphatic heterocycles. The van der Waals surface area contributed by atoms with Crippen molar-refractivity contribution in [2.75, 3.05) is 0 Å². The number of carbonyl (C=O) groups is 3. The smallest absolute Gasteiger partial charge is 0.416 e. The van der Waals surface area contributed by atoms with Crippen molar-refractivity contribution in [3.05, 3.63) is 94.5 Å². The van der Waals surface area contributed by atoms with Gasteiger partial charge < -0.3 is 19.7 Å². The number of aromatic carboxylic acids is 1. The SMILES string of the molecule is CC(=O)Oc1ccccc1C(=O)O.O=C(O)C(Oc1cccc(C(F)(F)F)c1)c1ccc(Cl)cc1. The van der Waals surface area contributed by atoms with Gasteiger partial charge in [0, 0.05) is 17.5 Å². The van der Waals surface area contributed by atoms with Gasteiger partial charge >= 0.3 is 24.1 Å². The van der Waals surface area contributed by atoms with Gasteiger partial charge in [0.15, 0.2) is 0 Å². The zero-order valence-electron chi connectivity index (χ0n) is 18.0. The average molecular weight is 511 g/mol. The number of hydrogen-bond acceptors (Lipinski definition) is 5. The summed E-state index contributed by atoms with van der Waals surface area (Å²) in [6.07, 6.45) is -5.96. The molecule has 0 aliphatic rings. The first kappa shape index (κ1) is 27.2. The van der Waals surface area contributed by atoms with Crippen LogP contribution in [0.2, 0.25) is 5.02 Å². The number of carboxylic acids is 2. The van der Waals surface area contributed by atoms with Gasteiger partial charge in [0.1, 0.15) is 17.1 Å². The number of rotatable bonds is 6. The molecule has 0 heterocycles. The molecule has 7 nitrogen and oxygen atoms in total.